The highest BCUT2D eigenvalue weighted by Crippen LogP contribution is 2.48. The quantitative estimate of drug-likeness (QED) is 0.531. The lowest BCUT2D eigenvalue weighted by Crippen LogP contribution is -2.61. The number of carbonyl (C=O) groups excluding carboxylic acids is 3. The van der Waals surface area contributed by atoms with Crippen molar-refractivity contribution in [1.29, 1.82) is 0 Å². The van der Waals surface area contributed by atoms with Crippen LogP contribution in [0.25, 0.3) is 0 Å². The van der Waals surface area contributed by atoms with Crippen molar-refractivity contribution in [1.82, 2.24) is 10.6 Å². The first kappa shape index (κ1) is 24.1. The second-order valence-electron chi connectivity index (χ2n) is 8.22. The SMILES string of the molecule is COC(=O)C1NC(c2cccc(F)c2)C(NC(=O)c2ccccc2)(C(=O)OC)C1c1ccccc1. The van der Waals surface area contributed by atoms with Gasteiger partial charge in [0, 0.05) is 11.5 Å². The molecule has 8 heteroatoms. The Morgan fingerprint density at radius 1 is 0.857 bits per heavy atom. The number of esters is 2. The van der Waals surface area contributed by atoms with E-state index < -0.39 is 47.2 Å². The van der Waals surface area contributed by atoms with Crippen molar-refractivity contribution in [2.45, 2.75) is 23.5 Å². The fraction of sp³-hybridized carbons (Fsp3) is 0.222. The zero-order chi connectivity index (χ0) is 25.0. The van der Waals surface area contributed by atoms with Crippen molar-refractivity contribution in [3.05, 3.63) is 107 Å². The molecular weight excluding hydrogens is 451 g/mol. The molecule has 2 N–H and O–H groups in total. The first-order valence-electron chi connectivity index (χ1n) is 11.0. The second-order valence-corrected chi connectivity index (χ2v) is 8.22. The van der Waals surface area contributed by atoms with Crippen LogP contribution in [0.1, 0.15) is 33.4 Å². The number of halogens is 1. The number of methoxy groups -OCH3 is 2. The van der Waals surface area contributed by atoms with Crippen molar-refractivity contribution in [2.24, 2.45) is 0 Å². The van der Waals surface area contributed by atoms with E-state index in [1.807, 2.05) is 0 Å². The second kappa shape index (κ2) is 10.1. The van der Waals surface area contributed by atoms with Crippen LogP contribution in [0.5, 0.6) is 0 Å². The Kier molecular flexibility index (Phi) is 6.93. The van der Waals surface area contributed by atoms with Crippen LogP contribution in [0, 0.1) is 5.82 Å². The van der Waals surface area contributed by atoms with Gasteiger partial charge in [0.2, 0.25) is 0 Å². The summed E-state index contributed by atoms with van der Waals surface area (Å²) in [7, 11) is 2.44. The van der Waals surface area contributed by atoms with E-state index in [-0.39, 0.29) is 0 Å². The van der Waals surface area contributed by atoms with Gasteiger partial charge in [0.05, 0.1) is 20.3 Å². The van der Waals surface area contributed by atoms with Crippen molar-refractivity contribution in [3.8, 4) is 0 Å². The third-order valence-electron chi connectivity index (χ3n) is 6.30. The van der Waals surface area contributed by atoms with Gasteiger partial charge in [-0.15, -0.1) is 0 Å². The van der Waals surface area contributed by atoms with Crippen LogP contribution in [0.3, 0.4) is 0 Å². The number of hydrogen-bond donors (Lipinski definition) is 2. The summed E-state index contributed by atoms with van der Waals surface area (Å²) in [5, 5.41) is 6.02. The molecule has 1 aliphatic heterocycles. The lowest BCUT2D eigenvalue weighted by Gasteiger charge is -2.38. The largest absolute Gasteiger partial charge is 0.468 e. The normalized spacial score (nSPS) is 23.3. The van der Waals surface area contributed by atoms with E-state index in [2.05, 4.69) is 10.6 Å². The molecule has 1 aliphatic rings. The van der Waals surface area contributed by atoms with Crippen LogP contribution in [-0.4, -0.2) is 43.6 Å². The van der Waals surface area contributed by atoms with E-state index in [1.54, 1.807) is 66.7 Å². The third kappa shape index (κ3) is 4.40. The maximum absolute atomic E-state index is 14.3. The number of ether oxygens (including phenoxy) is 2. The first-order valence-corrected chi connectivity index (χ1v) is 11.0. The van der Waals surface area contributed by atoms with Gasteiger partial charge in [-0.1, -0.05) is 60.7 Å². The molecule has 4 atom stereocenters. The summed E-state index contributed by atoms with van der Waals surface area (Å²) in [5.41, 5.74) is -0.568. The number of nitrogens with one attached hydrogen (secondary N) is 2. The highest BCUT2D eigenvalue weighted by Gasteiger charge is 2.64. The monoisotopic (exact) mass is 476 g/mol. The Morgan fingerprint density at radius 2 is 1.49 bits per heavy atom. The highest BCUT2D eigenvalue weighted by atomic mass is 19.1. The van der Waals surface area contributed by atoms with E-state index in [1.165, 1.54) is 32.4 Å². The molecule has 1 heterocycles. The number of hydrogen-bond acceptors (Lipinski definition) is 6. The van der Waals surface area contributed by atoms with Gasteiger partial charge in [-0.05, 0) is 35.4 Å². The summed E-state index contributed by atoms with van der Waals surface area (Å²) in [5.74, 6) is -3.45. The molecule has 3 aromatic carbocycles. The molecule has 4 unspecified atom stereocenters. The van der Waals surface area contributed by atoms with Crippen LogP contribution >= 0.6 is 0 Å². The molecule has 180 valence electrons. The molecular formula is C27H25FN2O5. The Bertz CT molecular complexity index is 1220. The van der Waals surface area contributed by atoms with E-state index in [4.69, 9.17) is 9.47 Å². The summed E-state index contributed by atoms with van der Waals surface area (Å²) in [4.78, 5) is 40.1. The van der Waals surface area contributed by atoms with Gasteiger partial charge in [0.25, 0.3) is 5.91 Å². The number of carbonyl (C=O) groups is 3. The Balaban J connectivity index is 1.97. The number of amides is 1. The third-order valence-corrected chi connectivity index (χ3v) is 6.30. The van der Waals surface area contributed by atoms with E-state index in [0.717, 1.165) is 0 Å². The number of benzene rings is 3. The van der Waals surface area contributed by atoms with Crippen molar-refractivity contribution in [2.75, 3.05) is 14.2 Å². The molecule has 0 aliphatic carbocycles. The van der Waals surface area contributed by atoms with Gasteiger partial charge in [0.15, 0.2) is 5.54 Å². The predicted octanol–water partition coefficient (Wildman–Crippen LogP) is 3.14. The molecule has 3 aromatic rings. The average Bonchev–Trinajstić information content (AvgIpc) is 3.24. The zero-order valence-corrected chi connectivity index (χ0v) is 19.2. The standard InChI is InChI=1S/C27H25FN2O5/c1-34-25(32)22-21(17-10-5-3-6-11-17)27(26(33)35-2,30-24(31)18-12-7-4-8-13-18)23(29-22)19-14-9-15-20(28)16-19/h3-16,21-23,29H,1-2H3,(H,30,31). The average molecular weight is 477 g/mol. The Labute approximate surface area is 202 Å². The summed E-state index contributed by atoms with van der Waals surface area (Å²) in [6.45, 7) is 0. The summed E-state index contributed by atoms with van der Waals surface area (Å²) < 4.78 is 24.6. The Hall–Kier alpha value is -4.04. The van der Waals surface area contributed by atoms with Crippen LogP contribution < -0.4 is 10.6 Å². The minimum Gasteiger partial charge on any atom is -0.468 e. The van der Waals surface area contributed by atoms with Crippen molar-refractivity contribution < 1.29 is 28.2 Å². The van der Waals surface area contributed by atoms with Crippen molar-refractivity contribution in [3.63, 3.8) is 0 Å². The van der Waals surface area contributed by atoms with Gasteiger partial charge in [-0.2, -0.15) is 0 Å². The van der Waals surface area contributed by atoms with Gasteiger partial charge >= 0.3 is 11.9 Å². The van der Waals surface area contributed by atoms with Crippen LogP contribution in [0.2, 0.25) is 0 Å². The predicted molar refractivity (Wildman–Crippen MR) is 126 cm³/mol. The fourth-order valence-electron chi connectivity index (χ4n) is 4.81. The molecule has 1 saturated heterocycles. The molecule has 1 fully saturated rings. The first-order chi connectivity index (χ1) is 16.9. The molecule has 0 radical (unpaired) electrons. The maximum atomic E-state index is 14.3. The van der Waals surface area contributed by atoms with Gasteiger partial charge in [-0.3, -0.25) is 14.9 Å². The minimum absolute atomic E-state index is 0.308. The lowest BCUT2D eigenvalue weighted by molar-refractivity contribution is -0.150. The van der Waals surface area contributed by atoms with Crippen LogP contribution in [-0.2, 0) is 19.1 Å². The summed E-state index contributed by atoms with van der Waals surface area (Å²) in [6, 6.07) is 20.8. The summed E-state index contributed by atoms with van der Waals surface area (Å²) in [6.07, 6.45) is 0. The maximum Gasteiger partial charge on any atom is 0.334 e. The highest BCUT2D eigenvalue weighted by molar-refractivity contribution is 6.00. The molecule has 0 spiro atoms. The fourth-order valence-corrected chi connectivity index (χ4v) is 4.81. The van der Waals surface area contributed by atoms with Crippen molar-refractivity contribution >= 4 is 17.8 Å². The van der Waals surface area contributed by atoms with E-state index in [9.17, 15) is 18.8 Å². The topological polar surface area (TPSA) is 93.7 Å². The van der Waals surface area contributed by atoms with E-state index >= 15 is 0 Å². The molecule has 35 heavy (non-hydrogen) atoms. The zero-order valence-electron chi connectivity index (χ0n) is 19.2. The van der Waals surface area contributed by atoms with Crippen LogP contribution in [0.4, 0.5) is 4.39 Å². The molecule has 1 amide bonds. The Morgan fingerprint density at radius 3 is 2.09 bits per heavy atom. The molecule has 0 bridgehead atoms. The lowest BCUT2D eigenvalue weighted by atomic mass is 9.73. The minimum atomic E-state index is -1.82. The molecule has 0 aromatic heterocycles. The van der Waals surface area contributed by atoms with Gasteiger partial charge in [0.1, 0.15) is 11.9 Å². The summed E-state index contributed by atoms with van der Waals surface area (Å²) >= 11 is 0. The van der Waals surface area contributed by atoms with Gasteiger partial charge in [-0.25, -0.2) is 9.18 Å². The molecule has 4 rings (SSSR count). The van der Waals surface area contributed by atoms with E-state index in [0.29, 0.717) is 16.7 Å². The van der Waals surface area contributed by atoms with Crippen LogP contribution in [0.15, 0.2) is 84.9 Å². The number of rotatable bonds is 6. The molecule has 7 nitrogen and oxygen atoms in total. The molecule has 0 saturated carbocycles. The van der Waals surface area contributed by atoms with Gasteiger partial charge < -0.3 is 14.8 Å². The smallest absolute Gasteiger partial charge is 0.334 e.